The molecule has 0 N–H and O–H groups in total. The molecule has 1 saturated carbocycles. The molecule has 3 heteroatoms. The minimum atomic E-state index is -0.386. The molecule has 0 atom stereocenters. The number of hydrogen-bond donors (Lipinski definition) is 0. The van der Waals surface area contributed by atoms with E-state index in [-0.39, 0.29) is 47.6 Å². The summed E-state index contributed by atoms with van der Waals surface area (Å²) in [5, 5.41) is 0. The molecule has 0 aromatic heterocycles. The number of hydrogen-bond acceptors (Lipinski definition) is 0. The van der Waals surface area contributed by atoms with Crippen molar-refractivity contribution in [3.63, 3.8) is 0 Å². The second kappa shape index (κ2) is 9.44. The van der Waals surface area contributed by atoms with Gasteiger partial charge in [-0.1, -0.05) is 0 Å². The van der Waals surface area contributed by atoms with Gasteiger partial charge in [-0.05, 0) is 0 Å². The van der Waals surface area contributed by atoms with E-state index in [1.54, 1.807) is 16.7 Å². The van der Waals surface area contributed by atoms with Crippen LogP contribution in [-0.4, -0.2) is 3.21 Å². The van der Waals surface area contributed by atoms with Crippen LogP contribution in [0.15, 0.2) is 44.3 Å². The third kappa shape index (κ3) is 4.63. The van der Waals surface area contributed by atoms with Gasteiger partial charge in [0.25, 0.3) is 0 Å². The Morgan fingerprint density at radius 1 is 1.05 bits per heavy atom. The van der Waals surface area contributed by atoms with Gasteiger partial charge in [0, 0.05) is 0 Å². The van der Waals surface area contributed by atoms with E-state index in [1.807, 2.05) is 6.49 Å². The molecule has 3 rings (SSSR count). The van der Waals surface area contributed by atoms with Crippen molar-refractivity contribution >= 4 is 28.0 Å². The van der Waals surface area contributed by atoms with E-state index in [4.69, 9.17) is 0 Å². The quantitative estimate of drug-likeness (QED) is 0.548. The van der Waals surface area contributed by atoms with Crippen molar-refractivity contribution < 1.29 is 22.8 Å². The van der Waals surface area contributed by atoms with Crippen molar-refractivity contribution in [2.45, 2.75) is 58.3 Å². The summed E-state index contributed by atoms with van der Waals surface area (Å²) in [5.41, 5.74) is 4.92. The second-order valence-electron chi connectivity index (χ2n) is 5.75. The second-order valence-corrected chi connectivity index (χ2v) is 9.58. The standard InChI is InChI=1S/C12H13.C6H10.2ClH.Zr/c1-2-10-8-5-9-12(10)11-6-3-4-7-11;1-2-4-6-5-3-1;;;/h3-4,6,9H,2,5,7H2,1H3;1-5H2;2*1H;. The summed E-state index contributed by atoms with van der Waals surface area (Å²) in [6.07, 6.45) is 20.4. The zero-order valence-corrected chi connectivity index (χ0v) is 16.9. The van der Waals surface area contributed by atoms with Gasteiger partial charge in [-0.2, -0.15) is 0 Å². The average molecular weight is 404 g/mol. The Kier molecular flexibility index (Phi) is 8.69. The van der Waals surface area contributed by atoms with Crippen LogP contribution in [0.1, 0.15) is 58.3 Å². The van der Waals surface area contributed by atoms with Gasteiger partial charge in [0.2, 0.25) is 0 Å². The molecule has 0 saturated heterocycles. The van der Waals surface area contributed by atoms with E-state index >= 15 is 0 Å². The largest absolute Gasteiger partial charge is 0.147 e. The van der Waals surface area contributed by atoms with Crippen LogP contribution in [0, 0.1) is 0 Å². The van der Waals surface area contributed by atoms with Gasteiger partial charge >= 0.3 is 129 Å². The number of rotatable bonds is 3. The Hall–Kier alpha value is 0.293. The summed E-state index contributed by atoms with van der Waals surface area (Å²) in [6, 6.07) is 0. The third-order valence-electron chi connectivity index (χ3n) is 4.46. The van der Waals surface area contributed by atoms with E-state index in [0.717, 1.165) is 6.42 Å². The Balaban J connectivity index is 0.00000110. The Morgan fingerprint density at radius 3 is 2.43 bits per heavy atom. The fraction of sp³-hybridized carbons (Fsp3) is 0.500. The molecule has 0 aromatic carbocycles. The smallest absolute Gasteiger partial charge is 0.147 e. The van der Waals surface area contributed by atoms with Crippen LogP contribution in [0.4, 0.5) is 0 Å². The average Bonchev–Trinajstić information content (AvgIpc) is 3.08. The van der Waals surface area contributed by atoms with Crippen LogP contribution in [0.2, 0.25) is 0 Å². The van der Waals surface area contributed by atoms with E-state index in [0.29, 0.717) is 0 Å². The van der Waals surface area contributed by atoms with Crippen molar-refractivity contribution in [1.29, 1.82) is 0 Å². The molecule has 0 radical (unpaired) electrons. The molecule has 0 aromatic rings. The molecule has 0 unspecified atom stereocenters. The molecule has 0 amide bonds. The van der Waals surface area contributed by atoms with Crippen LogP contribution < -0.4 is 0 Å². The van der Waals surface area contributed by atoms with Gasteiger partial charge in [0.15, 0.2) is 0 Å². The van der Waals surface area contributed by atoms with Gasteiger partial charge < -0.3 is 0 Å². The molecule has 0 aliphatic heterocycles. The monoisotopic (exact) mass is 401 g/mol. The molecule has 3 aliphatic rings. The minimum absolute atomic E-state index is 0. The SMILES string of the molecule is CCC1=[C]([Zr]=[C]2CCCCC2)CC=C1C1=CC=CC1.Cl.Cl. The first-order valence-electron chi connectivity index (χ1n) is 7.79. The normalized spacial score (nSPS) is 20.5. The van der Waals surface area contributed by atoms with Crippen LogP contribution in [0.5, 0.6) is 0 Å². The van der Waals surface area contributed by atoms with Gasteiger partial charge in [0.05, 0.1) is 0 Å². The Labute approximate surface area is 152 Å². The summed E-state index contributed by atoms with van der Waals surface area (Å²) in [7, 11) is 0. The van der Waals surface area contributed by atoms with Crippen molar-refractivity contribution in [3.05, 3.63) is 44.3 Å². The predicted octanol–water partition coefficient (Wildman–Crippen LogP) is 5.93. The Morgan fingerprint density at radius 2 is 1.81 bits per heavy atom. The van der Waals surface area contributed by atoms with Crippen LogP contribution >= 0.6 is 24.8 Å². The molecule has 21 heavy (non-hydrogen) atoms. The molecule has 1 fully saturated rings. The summed E-state index contributed by atoms with van der Waals surface area (Å²) in [5.74, 6) is 0. The summed E-state index contributed by atoms with van der Waals surface area (Å²) < 4.78 is 3.88. The minimum Gasteiger partial charge on any atom is -0.147 e. The first kappa shape index (κ1) is 19.3. The van der Waals surface area contributed by atoms with Gasteiger partial charge in [-0.3, -0.25) is 0 Å². The fourth-order valence-electron chi connectivity index (χ4n) is 3.43. The van der Waals surface area contributed by atoms with Crippen molar-refractivity contribution in [2.75, 3.05) is 0 Å². The third-order valence-corrected chi connectivity index (χ3v) is 8.54. The van der Waals surface area contributed by atoms with Gasteiger partial charge in [0.1, 0.15) is 0 Å². The van der Waals surface area contributed by atoms with E-state index < -0.39 is 0 Å². The molecule has 0 spiro atoms. The molecule has 0 bridgehead atoms. The summed E-state index contributed by atoms with van der Waals surface area (Å²) >= 11 is -0.386. The van der Waals surface area contributed by atoms with Crippen LogP contribution in [-0.2, 0) is 22.8 Å². The summed E-state index contributed by atoms with van der Waals surface area (Å²) in [6.45, 7) is 2.35. The zero-order chi connectivity index (χ0) is 13.1. The van der Waals surface area contributed by atoms with E-state index in [1.165, 1.54) is 44.9 Å². The van der Waals surface area contributed by atoms with Gasteiger partial charge in [-0.25, -0.2) is 0 Å². The maximum absolute atomic E-state index is 2.53. The van der Waals surface area contributed by atoms with Gasteiger partial charge in [-0.15, -0.1) is 24.8 Å². The van der Waals surface area contributed by atoms with Crippen molar-refractivity contribution in [3.8, 4) is 0 Å². The van der Waals surface area contributed by atoms with Crippen LogP contribution in [0.25, 0.3) is 0 Å². The molecule has 0 nitrogen and oxygen atoms in total. The number of allylic oxidation sites excluding steroid dienone is 8. The molecular formula is C18H25Cl2Zr. The molecule has 0 heterocycles. The topological polar surface area (TPSA) is 0 Å². The first-order valence-corrected chi connectivity index (χ1v) is 10.2. The van der Waals surface area contributed by atoms with Crippen LogP contribution in [0.3, 0.4) is 0 Å². The maximum atomic E-state index is 2.53. The van der Waals surface area contributed by atoms with Crippen molar-refractivity contribution in [2.24, 2.45) is 0 Å². The first-order chi connectivity index (χ1) is 9.38. The van der Waals surface area contributed by atoms with E-state index in [2.05, 4.69) is 31.2 Å². The maximum Gasteiger partial charge on any atom is -0.147 e. The fourth-order valence-corrected chi connectivity index (χ4v) is 7.60. The predicted molar refractivity (Wildman–Crippen MR) is 94.4 cm³/mol. The van der Waals surface area contributed by atoms with E-state index in [9.17, 15) is 0 Å². The van der Waals surface area contributed by atoms with Crippen molar-refractivity contribution in [1.82, 2.24) is 0 Å². The molecule has 115 valence electrons. The molecule has 3 aliphatic carbocycles. The number of halogens is 2. The Bertz CT molecular complexity index is 513. The summed E-state index contributed by atoms with van der Waals surface area (Å²) in [4.78, 5) is 0. The molecular weight excluding hydrogens is 378 g/mol. The zero-order valence-electron chi connectivity index (χ0n) is 12.8.